The SMILES string of the molecule is C[C@H]1C[C@]2(C)C3N[C@H](CC4N[C@@H](C[C@]56NC(=O)C[C@@]5(C)[C@H](CCC(=O)O)C(/C=C5\NC(=C3C1=O)[C@@H](CCC(=O)O)[C@@H]5CC(=O)O)N6)[C@@H](CCC(=O)O)[C@]4(C)CC(N)=O)[C@H]2CC(=O)O. The highest BCUT2D eigenvalue weighted by Crippen LogP contribution is 2.60. The molecular weight excluding hydrogens is 821 g/mol. The fourth-order valence-corrected chi connectivity index (χ4v) is 14.0. The van der Waals surface area contributed by atoms with Gasteiger partial charge in [0, 0.05) is 109 Å². The monoisotopic (exact) mass is 882 g/mol. The lowest BCUT2D eigenvalue weighted by Gasteiger charge is -2.44. The van der Waals surface area contributed by atoms with Gasteiger partial charge in [-0.1, -0.05) is 27.7 Å². The van der Waals surface area contributed by atoms with E-state index in [9.17, 15) is 63.9 Å². The number of allylic oxidation sites excluding steroid dienone is 2. The van der Waals surface area contributed by atoms with E-state index >= 15 is 0 Å². The molecule has 19 nitrogen and oxygen atoms in total. The fourth-order valence-electron chi connectivity index (χ4n) is 14.0. The van der Waals surface area contributed by atoms with Gasteiger partial charge in [0.15, 0.2) is 5.78 Å². The molecule has 7 aliphatic rings. The molecule has 63 heavy (non-hydrogen) atoms. The van der Waals surface area contributed by atoms with E-state index in [1.807, 2.05) is 26.8 Å². The van der Waals surface area contributed by atoms with Crippen molar-refractivity contribution in [2.24, 2.45) is 57.5 Å². The normalized spacial score (nSPS) is 42.2. The lowest BCUT2D eigenvalue weighted by atomic mass is 9.59. The Morgan fingerprint density at radius 2 is 1.38 bits per heavy atom. The largest absolute Gasteiger partial charge is 0.481 e. The van der Waals surface area contributed by atoms with E-state index in [0.29, 0.717) is 23.4 Å². The maximum Gasteiger partial charge on any atom is 0.304 e. The predicted molar refractivity (Wildman–Crippen MR) is 221 cm³/mol. The molecule has 12 N–H and O–H groups in total. The number of amides is 2. The number of aliphatic carboxylic acids is 5. The van der Waals surface area contributed by atoms with Crippen molar-refractivity contribution in [3.8, 4) is 0 Å². The molecule has 1 aliphatic carbocycles. The summed E-state index contributed by atoms with van der Waals surface area (Å²) in [7, 11) is 0. The van der Waals surface area contributed by atoms with Crippen molar-refractivity contribution in [2.75, 3.05) is 0 Å². The van der Waals surface area contributed by atoms with Crippen molar-refractivity contribution in [3.63, 3.8) is 0 Å². The van der Waals surface area contributed by atoms with Crippen LogP contribution in [-0.4, -0.2) is 109 Å². The highest BCUT2D eigenvalue weighted by molar-refractivity contribution is 6.00. The van der Waals surface area contributed by atoms with Crippen LogP contribution in [0, 0.1) is 51.8 Å². The van der Waals surface area contributed by atoms with E-state index in [1.54, 1.807) is 6.92 Å². The Hall–Kier alpha value is -4.88. The molecule has 0 aromatic carbocycles. The van der Waals surface area contributed by atoms with Crippen molar-refractivity contribution in [1.82, 2.24) is 26.6 Å². The Kier molecular flexibility index (Phi) is 12.1. The number of carbonyl (C=O) groups is 8. The summed E-state index contributed by atoms with van der Waals surface area (Å²) in [5.74, 6) is -10.5. The maximum absolute atomic E-state index is 14.8. The number of nitrogens with one attached hydrogen (secondary N) is 5. The van der Waals surface area contributed by atoms with Crippen LogP contribution < -0.4 is 32.3 Å². The number of rotatable bonds is 15. The lowest BCUT2D eigenvalue weighted by molar-refractivity contribution is -0.140. The van der Waals surface area contributed by atoms with E-state index in [2.05, 4.69) is 26.6 Å². The van der Waals surface area contributed by atoms with Crippen LogP contribution >= 0.6 is 0 Å². The van der Waals surface area contributed by atoms with Gasteiger partial charge < -0.3 is 52.5 Å². The van der Waals surface area contributed by atoms with Gasteiger partial charge in [0.2, 0.25) is 11.8 Å². The number of carboxylic acids is 5. The Labute approximate surface area is 364 Å². The standard InChI is InChI=1S/C44H62N6O13/c1-19-15-42(3)24(12-36(61)62)26-14-29-41(2,17-30(45)51)22(6-9-33(55)56)28(46-29)16-44-43(4,18-31(52)50-44)23(7-10-34(57)58)27(49-44)13-25-21(11-35(59)60)20(5-8-32(53)54)38(47-25)37(39(19)63)40(42)48-26/h13,19-24,26-29,40,46-49H,5-12,14-18H2,1-4H3,(H2,45,51)(H,50,52)(H,53,54)(H,55,56)(H,57,58)(H,59,60)(H,61,62)/b25-13-,38-37?/t19-,20-,21-,22+,23+,24+,26+,27?,28-,29?,40?,41-,42-,43-,44-/m0/s1. The van der Waals surface area contributed by atoms with Gasteiger partial charge in [-0.05, 0) is 66.8 Å². The quantitative estimate of drug-likeness (QED) is 0.111. The van der Waals surface area contributed by atoms with E-state index in [4.69, 9.17) is 5.73 Å². The van der Waals surface area contributed by atoms with Crippen molar-refractivity contribution >= 4 is 47.4 Å². The van der Waals surface area contributed by atoms with Crippen LogP contribution in [0.1, 0.15) is 111 Å². The third kappa shape index (κ3) is 8.02. The summed E-state index contributed by atoms with van der Waals surface area (Å²) in [5, 5.41) is 68.5. The molecule has 2 amide bonds. The third-order valence-corrected chi connectivity index (χ3v) is 16.7. The third-order valence-electron chi connectivity index (χ3n) is 16.7. The molecule has 6 heterocycles. The minimum atomic E-state index is -1.24. The summed E-state index contributed by atoms with van der Waals surface area (Å²) in [6.07, 6.45) is 1.01. The minimum Gasteiger partial charge on any atom is -0.481 e. The van der Waals surface area contributed by atoms with Crippen LogP contribution in [-0.2, 0) is 38.4 Å². The molecule has 1 saturated carbocycles. The minimum absolute atomic E-state index is 0.00348. The average Bonchev–Trinajstić information content (AvgIpc) is 3.82. The molecule has 19 heteroatoms. The molecule has 0 aromatic rings. The van der Waals surface area contributed by atoms with E-state index in [0.717, 1.165) is 0 Å². The van der Waals surface area contributed by atoms with Crippen LogP contribution in [0.25, 0.3) is 0 Å². The number of nitrogens with two attached hydrogens (primary N) is 1. The first-order valence-electron chi connectivity index (χ1n) is 22.2. The van der Waals surface area contributed by atoms with Crippen molar-refractivity contribution in [2.45, 2.75) is 147 Å². The fraction of sp³-hybridized carbons (Fsp3) is 0.727. The Bertz CT molecular complexity index is 2060. The molecule has 6 fully saturated rings. The van der Waals surface area contributed by atoms with E-state index < -0.39 is 130 Å². The number of ketones is 1. The molecule has 3 unspecified atom stereocenters. The molecule has 5 saturated heterocycles. The van der Waals surface area contributed by atoms with Gasteiger partial charge >= 0.3 is 29.8 Å². The number of hydrogen-bond acceptors (Lipinski definition) is 12. The van der Waals surface area contributed by atoms with Crippen molar-refractivity contribution < 1.29 is 63.9 Å². The predicted octanol–water partition coefficient (Wildman–Crippen LogP) is 1.52. The van der Waals surface area contributed by atoms with Gasteiger partial charge in [-0.2, -0.15) is 0 Å². The first-order chi connectivity index (χ1) is 29.4. The number of primary amides is 1. The number of fused-ring (bicyclic) bond motifs is 6. The Morgan fingerprint density at radius 1 is 0.762 bits per heavy atom. The second kappa shape index (κ2) is 16.6. The Balaban J connectivity index is 1.50. The van der Waals surface area contributed by atoms with Crippen LogP contribution in [0.4, 0.5) is 0 Å². The summed E-state index contributed by atoms with van der Waals surface area (Å²) in [5.41, 5.74) is 3.01. The van der Waals surface area contributed by atoms with Gasteiger partial charge in [-0.15, -0.1) is 0 Å². The van der Waals surface area contributed by atoms with E-state index in [1.165, 1.54) is 0 Å². The van der Waals surface area contributed by atoms with Crippen molar-refractivity contribution in [1.29, 1.82) is 0 Å². The highest BCUT2D eigenvalue weighted by Gasteiger charge is 2.68. The van der Waals surface area contributed by atoms with Gasteiger partial charge in [-0.25, -0.2) is 0 Å². The molecule has 0 radical (unpaired) electrons. The van der Waals surface area contributed by atoms with Crippen LogP contribution in [0.15, 0.2) is 23.0 Å². The first-order valence-corrected chi connectivity index (χ1v) is 22.2. The summed E-state index contributed by atoms with van der Waals surface area (Å²) in [6, 6.07) is -3.17. The topological polar surface area (TPSA) is 324 Å². The molecule has 346 valence electrons. The second-order valence-corrected chi connectivity index (χ2v) is 20.4. The molecule has 15 atom stereocenters. The average molecular weight is 883 g/mol. The number of carboxylic acid groups (broad SMARTS) is 5. The summed E-state index contributed by atoms with van der Waals surface area (Å²) < 4.78 is 0. The lowest BCUT2D eigenvalue weighted by Crippen LogP contribution is -2.61. The van der Waals surface area contributed by atoms with Gasteiger partial charge in [-0.3, -0.25) is 43.7 Å². The van der Waals surface area contributed by atoms with Crippen LogP contribution in [0.3, 0.4) is 0 Å². The summed E-state index contributed by atoms with van der Waals surface area (Å²) >= 11 is 0. The van der Waals surface area contributed by atoms with Gasteiger partial charge in [0.25, 0.3) is 0 Å². The number of Topliss-reactive ketones (excluding diaryl/α,β-unsaturated/α-hetero) is 1. The Morgan fingerprint density at radius 3 is 1.98 bits per heavy atom. The van der Waals surface area contributed by atoms with Crippen LogP contribution in [0.5, 0.6) is 0 Å². The van der Waals surface area contributed by atoms with Crippen LogP contribution in [0.2, 0.25) is 0 Å². The molecule has 8 bridgehead atoms. The molecular formula is C44H62N6O13. The second-order valence-electron chi connectivity index (χ2n) is 20.4. The van der Waals surface area contributed by atoms with E-state index in [-0.39, 0.29) is 82.3 Å². The maximum atomic E-state index is 14.8. The molecule has 1 spiro atoms. The van der Waals surface area contributed by atoms with Gasteiger partial charge in [0.1, 0.15) is 0 Å². The van der Waals surface area contributed by atoms with Gasteiger partial charge in [0.05, 0.1) is 18.5 Å². The summed E-state index contributed by atoms with van der Waals surface area (Å²) in [4.78, 5) is 104. The molecule has 7 rings (SSSR count). The highest BCUT2D eigenvalue weighted by atomic mass is 16.4. The molecule has 0 aromatic heterocycles. The zero-order valence-corrected chi connectivity index (χ0v) is 36.2. The smallest absolute Gasteiger partial charge is 0.304 e. The number of hydrogen-bond donors (Lipinski definition) is 11. The zero-order valence-electron chi connectivity index (χ0n) is 36.2. The number of carbonyl (C=O) groups excluding carboxylic acids is 3. The van der Waals surface area contributed by atoms with Crippen molar-refractivity contribution in [3.05, 3.63) is 23.0 Å². The zero-order chi connectivity index (χ0) is 46.1. The molecule has 6 aliphatic heterocycles. The first kappa shape index (κ1) is 46.1. The summed E-state index contributed by atoms with van der Waals surface area (Å²) in [6.45, 7) is 7.51.